The molecule has 7 rings (SSSR count). The fourth-order valence-corrected chi connectivity index (χ4v) is 8.53. The van der Waals surface area contributed by atoms with Gasteiger partial charge in [-0.2, -0.15) is 0 Å². The number of hydrogen-bond donors (Lipinski definition) is 0. The number of carbonyl (C=O) groups is 1. The first-order chi connectivity index (χ1) is 22.2. The van der Waals surface area contributed by atoms with E-state index in [1.54, 1.807) is 23.6 Å². The summed E-state index contributed by atoms with van der Waals surface area (Å²) in [6, 6.07) is 7.87. The summed E-state index contributed by atoms with van der Waals surface area (Å²) in [6.07, 6.45) is 1.89. The Morgan fingerprint density at radius 1 is 1.15 bits per heavy atom. The number of amides is 1. The van der Waals surface area contributed by atoms with Crippen LogP contribution in [0.25, 0.3) is 44.2 Å². The molecule has 12 heteroatoms. The molecule has 0 N–H and O–H groups in total. The van der Waals surface area contributed by atoms with E-state index in [-0.39, 0.29) is 36.4 Å². The van der Waals surface area contributed by atoms with Crippen LogP contribution in [-0.4, -0.2) is 58.4 Å². The zero-order valence-electron chi connectivity index (χ0n) is 25.5. The monoisotopic (exact) mass is 660 g/mol. The maximum atomic E-state index is 16.1. The predicted molar refractivity (Wildman–Crippen MR) is 174 cm³/mol. The highest BCUT2D eigenvalue weighted by Crippen LogP contribution is 2.54. The number of ether oxygens (including phenoxy) is 2. The van der Waals surface area contributed by atoms with Crippen molar-refractivity contribution >= 4 is 40.1 Å². The lowest BCUT2D eigenvalue weighted by Gasteiger charge is -2.24. The number of oxazole rings is 1. The minimum absolute atomic E-state index is 0.0660. The zero-order chi connectivity index (χ0) is 32.1. The van der Waals surface area contributed by atoms with Crippen molar-refractivity contribution in [3.05, 3.63) is 76.6 Å². The van der Waals surface area contributed by atoms with Gasteiger partial charge in [-0.25, -0.2) is 23.7 Å². The molecule has 0 fully saturated rings. The molecule has 2 aliphatic heterocycles. The number of methoxy groups -OCH3 is 1. The van der Waals surface area contributed by atoms with Crippen LogP contribution in [0.3, 0.4) is 0 Å². The molecule has 0 saturated heterocycles. The van der Waals surface area contributed by atoms with Crippen LogP contribution in [0.4, 0.5) is 8.78 Å². The van der Waals surface area contributed by atoms with Gasteiger partial charge in [0.2, 0.25) is 5.91 Å². The van der Waals surface area contributed by atoms with Crippen LogP contribution in [0.1, 0.15) is 34.9 Å². The van der Waals surface area contributed by atoms with Crippen LogP contribution in [0.5, 0.6) is 5.75 Å². The lowest BCUT2D eigenvalue weighted by Crippen LogP contribution is -2.34. The number of carbonyl (C=O) groups excluding carboxylic acids is 1. The number of halogens is 2. The van der Waals surface area contributed by atoms with Gasteiger partial charge >= 0.3 is 0 Å². The van der Waals surface area contributed by atoms with Gasteiger partial charge in [0.15, 0.2) is 11.5 Å². The van der Waals surface area contributed by atoms with E-state index >= 15 is 4.39 Å². The number of hydrogen-bond acceptors (Lipinski definition) is 9. The van der Waals surface area contributed by atoms with Crippen molar-refractivity contribution in [2.75, 3.05) is 32.6 Å². The molecular weight excluding hydrogens is 631 g/mol. The molecule has 1 atom stereocenters. The zero-order valence-corrected chi connectivity index (χ0v) is 27.1. The third-order valence-electron chi connectivity index (χ3n) is 8.16. The fourth-order valence-electron chi connectivity index (χ4n) is 6.03. The Labute approximate surface area is 272 Å². The lowest BCUT2D eigenvalue weighted by molar-refractivity contribution is -0.126. The topological polar surface area (TPSA) is 90.6 Å². The molecule has 3 aromatic heterocycles. The van der Waals surface area contributed by atoms with E-state index in [1.807, 2.05) is 18.2 Å². The van der Waals surface area contributed by atoms with E-state index in [1.165, 1.54) is 30.6 Å². The standard InChI is InChI=1S/C34H30F2N4O4S2/c1-5-27(41)40-9-8-22-26(15-40)46-34(38-22)32-30(29-21(36)13-20(35)14-25(29)43-11-10-42-4)33-28(17(2)16-45-33)31(39-32)19-6-7-24-23(12-19)37-18(3)44-24/h5-7,12-14,17H,1,8-11,15-16H2,2-4H3. The molecule has 0 bridgehead atoms. The van der Waals surface area contributed by atoms with Gasteiger partial charge in [-0.15, -0.1) is 23.1 Å². The van der Waals surface area contributed by atoms with E-state index in [0.29, 0.717) is 52.8 Å². The molecular formula is C34H30F2N4O4S2. The number of aryl methyl sites for hydroxylation is 1. The highest BCUT2D eigenvalue weighted by atomic mass is 32.2. The fraction of sp³-hybridized carbons (Fsp3) is 0.294. The Bertz CT molecular complexity index is 2020. The Morgan fingerprint density at radius 3 is 2.80 bits per heavy atom. The molecule has 2 aliphatic rings. The molecule has 1 amide bonds. The maximum Gasteiger partial charge on any atom is 0.246 e. The first-order valence-electron chi connectivity index (χ1n) is 14.8. The predicted octanol–water partition coefficient (Wildman–Crippen LogP) is 7.57. The van der Waals surface area contributed by atoms with Crippen LogP contribution in [0.2, 0.25) is 0 Å². The number of aromatic nitrogens is 3. The Kier molecular flexibility index (Phi) is 8.12. The molecule has 0 spiro atoms. The molecule has 2 aromatic carbocycles. The molecule has 5 heterocycles. The molecule has 8 nitrogen and oxygen atoms in total. The Morgan fingerprint density at radius 2 is 2.00 bits per heavy atom. The second-order valence-electron chi connectivity index (χ2n) is 11.3. The quantitative estimate of drug-likeness (QED) is 0.124. The van der Waals surface area contributed by atoms with Crippen LogP contribution >= 0.6 is 23.1 Å². The second-order valence-corrected chi connectivity index (χ2v) is 13.4. The molecule has 0 radical (unpaired) electrons. The van der Waals surface area contributed by atoms with Crippen LogP contribution in [0.15, 0.2) is 52.3 Å². The summed E-state index contributed by atoms with van der Waals surface area (Å²) in [5, 5.41) is 0.585. The van der Waals surface area contributed by atoms with E-state index in [0.717, 1.165) is 44.1 Å². The number of rotatable bonds is 8. The number of benzene rings is 2. The van der Waals surface area contributed by atoms with Crippen LogP contribution in [-0.2, 0) is 22.5 Å². The van der Waals surface area contributed by atoms with Crippen molar-refractivity contribution in [3.8, 4) is 38.8 Å². The first kappa shape index (κ1) is 30.5. The minimum Gasteiger partial charge on any atom is -0.490 e. The SMILES string of the molecule is C=CC(=O)N1CCc2nc(-c3nc(-c4ccc5oc(C)nc5c4)c4c(c3-c3c(F)cc(F)cc3OCCOC)SCC4C)sc2C1. The van der Waals surface area contributed by atoms with Gasteiger partial charge in [-0.1, -0.05) is 13.5 Å². The summed E-state index contributed by atoms with van der Waals surface area (Å²) >= 11 is 3.04. The number of thioether (sulfide) groups is 1. The summed E-state index contributed by atoms with van der Waals surface area (Å²) in [4.78, 5) is 30.8. The lowest BCUT2D eigenvalue weighted by atomic mass is 9.91. The molecule has 0 saturated carbocycles. The maximum absolute atomic E-state index is 16.1. The number of thiazole rings is 1. The average molecular weight is 661 g/mol. The van der Waals surface area contributed by atoms with Gasteiger partial charge in [-0.05, 0) is 35.8 Å². The van der Waals surface area contributed by atoms with E-state index in [2.05, 4.69) is 18.5 Å². The van der Waals surface area contributed by atoms with Gasteiger partial charge in [0, 0.05) is 65.8 Å². The molecule has 46 heavy (non-hydrogen) atoms. The highest BCUT2D eigenvalue weighted by Gasteiger charge is 2.35. The summed E-state index contributed by atoms with van der Waals surface area (Å²) in [6.45, 7) is 8.82. The smallest absolute Gasteiger partial charge is 0.246 e. The van der Waals surface area contributed by atoms with Gasteiger partial charge < -0.3 is 18.8 Å². The normalized spacial score (nSPS) is 15.7. The number of nitrogens with zero attached hydrogens (tertiary/aromatic N) is 4. The van der Waals surface area contributed by atoms with E-state index in [4.69, 9.17) is 23.9 Å². The van der Waals surface area contributed by atoms with Crippen LogP contribution < -0.4 is 4.74 Å². The van der Waals surface area contributed by atoms with Gasteiger partial charge in [-0.3, -0.25) is 4.79 Å². The number of fused-ring (bicyclic) bond motifs is 3. The third kappa shape index (κ3) is 5.37. The van der Waals surface area contributed by atoms with Crippen molar-refractivity contribution < 1.29 is 27.5 Å². The largest absolute Gasteiger partial charge is 0.490 e. The van der Waals surface area contributed by atoms with E-state index < -0.39 is 11.6 Å². The van der Waals surface area contributed by atoms with Gasteiger partial charge in [0.1, 0.15) is 40.2 Å². The first-order valence-corrected chi connectivity index (χ1v) is 16.7. The molecule has 0 aliphatic carbocycles. The van der Waals surface area contributed by atoms with Crippen LogP contribution in [0, 0.1) is 18.6 Å². The minimum atomic E-state index is -0.755. The van der Waals surface area contributed by atoms with E-state index in [9.17, 15) is 9.18 Å². The second kappa shape index (κ2) is 12.2. The number of pyridine rings is 1. The summed E-state index contributed by atoms with van der Waals surface area (Å²) in [7, 11) is 1.54. The van der Waals surface area contributed by atoms with Crippen molar-refractivity contribution in [1.82, 2.24) is 19.9 Å². The van der Waals surface area contributed by atoms with Crippen molar-refractivity contribution in [2.45, 2.75) is 37.6 Å². The summed E-state index contributed by atoms with van der Waals surface area (Å²) in [5.74, 6) is -0.170. The summed E-state index contributed by atoms with van der Waals surface area (Å²) < 4.78 is 47.6. The molecule has 236 valence electrons. The highest BCUT2D eigenvalue weighted by molar-refractivity contribution is 7.99. The Balaban J connectivity index is 1.49. The van der Waals surface area contributed by atoms with Crippen molar-refractivity contribution in [1.29, 1.82) is 0 Å². The third-order valence-corrected chi connectivity index (χ3v) is 10.6. The Hall–Kier alpha value is -4.13. The van der Waals surface area contributed by atoms with Gasteiger partial charge in [0.25, 0.3) is 0 Å². The molecule has 5 aromatic rings. The summed E-state index contributed by atoms with van der Waals surface area (Å²) in [5.41, 5.74) is 5.94. The van der Waals surface area contributed by atoms with Crippen molar-refractivity contribution in [2.24, 2.45) is 0 Å². The average Bonchev–Trinajstić information content (AvgIpc) is 3.75. The molecule has 1 unspecified atom stereocenters. The van der Waals surface area contributed by atoms with Gasteiger partial charge in [0.05, 0.1) is 30.1 Å². The van der Waals surface area contributed by atoms with Crippen molar-refractivity contribution in [3.63, 3.8) is 0 Å².